The van der Waals surface area contributed by atoms with Gasteiger partial charge in [0.15, 0.2) is 0 Å². The number of rotatable bonds is 4. The third-order valence-electron chi connectivity index (χ3n) is 2.66. The van der Waals surface area contributed by atoms with Crippen LogP contribution in [-0.2, 0) is 6.54 Å². The molecule has 0 saturated carbocycles. The molecule has 90 valence electrons. The van der Waals surface area contributed by atoms with Gasteiger partial charge in [0.25, 0.3) is 5.56 Å². The van der Waals surface area contributed by atoms with Crippen LogP contribution >= 0.6 is 0 Å². The number of aliphatic hydroxyl groups is 1. The molecule has 3 N–H and O–H groups in total. The molecule has 0 atom stereocenters. The molecule has 0 aliphatic carbocycles. The number of nitrogens with two attached hydrogens (primary N) is 1. The monoisotopic (exact) mass is 233 g/mol. The first kappa shape index (κ1) is 11.6. The van der Waals surface area contributed by atoms with E-state index in [4.69, 9.17) is 10.8 Å². The number of aromatic nitrogens is 2. The van der Waals surface area contributed by atoms with Crippen molar-refractivity contribution in [3.63, 3.8) is 0 Å². The van der Waals surface area contributed by atoms with Gasteiger partial charge in [0, 0.05) is 18.8 Å². The molecular formula is C12H15N3O2. The van der Waals surface area contributed by atoms with Crippen molar-refractivity contribution in [2.24, 2.45) is 0 Å². The molecule has 1 heterocycles. The Morgan fingerprint density at radius 3 is 2.94 bits per heavy atom. The van der Waals surface area contributed by atoms with Crippen LogP contribution in [0.5, 0.6) is 0 Å². The summed E-state index contributed by atoms with van der Waals surface area (Å²) >= 11 is 0. The molecule has 0 aliphatic heterocycles. The molecule has 1 aromatic carbocycles. The van der Waals surface area contributed by atoms with E-state index in [1.807, 2.05) is 0 Å². The summed E-state index contributed by atoms with van der Waals surface area (Å²) in [4.78, 5) is 16.3. The van der Waals surface area contributed by atoms with Crippen molar-refractivity contribution in [3.8, 4) is 0 Å². The lowest BCUT2D eigenvalue weighted by atomic mass is 10.2. The van der Waals surface area contributed by atoms with Gasteiger partial charge in [-0.3, -0.25) is 9.36 Å². The summed E-state index contributed by atoms with van der Waals surface area (Å²) in [5.41, 5.74) is 6.79. The highest BCUT2D eigenvalue weighted by atomic mass is 16.2. The van der Waals surface area contributed by atoms with Gasteiger partial charge < -0.3 is 10.8 Å². The quantitative estimate of drug-likeness (QED) is 0.603. The fourth-order valence-corrected chi connectivity index (χ4v) is 1.73. The van der Waals surface area contributed by atoms with E-state index in [0.717, 1.165) is 6.42 Å². The van der Waals surface area contributed by atoms with Crippen molar-refractivity contribution in [2.45, 2.75) is 19.4 Å². The molecule has 0 unspecified atom stereocenters. The van der Waals surface area contributed by atoms with E-state index in [1.54, 1.807) is 22.8 Å². The first-order valence-electron chi connectivity index (χ1n) is 5.58. The Kier molecular flexibility index (Phi) is 3.39. The van der Waals surface area contributed by atoms with Crippen molar-refractivity contribution in [1.29, 1.82) is 0 Å². The summed E-state index contributed by atoms with van der Waals surface area (Å²) in [6.45, 7) is 0.708. The SMILES string of the molecule is Nc1ccc2ncn(CCCCO)c(=O)c2c1. The van der Waals surface area contributed by atoms with Crippen LogP contribution in [0, 0.1) is 0 Å². The molecule has 2 aromatic rings. The average Bonchev–Trinajstić information content (AvgIpc) is 2.33. The molecule has 17 heavy (non-hydrogen) atoms. The molecule has 0 aliphatic rings. The van der Waals surface area contributed by atoms with Crippen molar-refractivity contribution in [2.75, 3.05) is 12.3 Å². The number of nitrogens with zero attached hydrogens (tertiary/aromatic N) is 2. The van der Waals surface area contributed by atoms with Crippen LogP contribution in [-0.4, -0.2) is 21.3 Å². The molecule has 1 aromatic heterocycles. The highest BCUT2D eigenvalue weighted by Gasteiger charge is 2.03. The Balaban J connectivity index is 2.39. The number of aliphatic hydroxyl groups excluding tert-OH is 1. The Hall–Kier alpha value is -1.88. The molecule has 0 amide bonds. The maximum Gasteiger partial charge on any atom is 0.261 e. The first-order valence-corrected chi connectivity index (χ1v) is 5.58. The number of nitrogen functional groups attached to an aromatic ring is 1. The van der Waals surface area contributed by atoms with Crippen molar-refractivity contribution in [1.82, 2.24) is 9.55 Å². The zero-order chi connectivity index (χ0) is 12.3. The van der Waals surface area contributed by atoms with Gasteiger partial charge in [-0.15, -0.1) is 0 Å². The summed E-state index contributed by atoms with van der Waals surface area (Å²) in [7, 11) is 0. The number of hydrogen-bond acceptors (Lipinski definition) is 4. The molecule has 0 fully saturated rings. The maximum absolute atomic E-state index is 12.1. The van der Waals surface area contributed by atoms with Crippen LogP contribution in [0.2, 0.25) is 0 Å². The normalized spacial score (nSPS) is 10.9. The summed E-state index contributed by atoms with van der Waals surface area (Å²) in [5.74, 6) is 0. The smallest absolute Gasteiger partial charge is 0.261 e. The van der Waals surface area contributed by atoms with Crippen LogP contribution in [0.4, 0.5) is 5.69 Å². The van der Waals surface area contributed by atoms with Crippen molar-refractivity contribution < 1.29 is 5.11 Å². The molecule has 5 nitrogen and oxygen atoms in total. The van der Waals surface area contributed by atoms with Gasteiger partial charge in [-0.2, -0.15) is 0 Å². The number of benzene rings is 1. The number of hydrogen-bond donors (Lipinski definition) is 2. The second-order valence-corrected chi connectivity index (χ2v) is 3.95. The predicted octanol–water partition coefficient (Wildman–Crippen LogP) is 0.751. The standard InChI is InChI=1S/C12H15N3O2/c13-9-3-4-11-10(7-9)12(17)15(8-14-11)5-1-2-6-16/h3-4,7-8,16H,1-2,5-6,13H2. The van der Waals surface area contributed by atoms with Gasteiger partial charge in [0.05, 0.1) is 17.2 Å². The van der Waals surface area contributed by atoms with Gasteiger partial charge in [0.1, 0.15) is 0 Å². The van der Waals surface area contributed by atoms with Crippen LogP contribution in [0.1, 0.15) is 12.8 Å². The van der Waals surface area contributed by atoms with Gasteiger partial charge in [-0.1, -0.05) is 0 Å². The predicted molar refractivity (Wildman–Crippen MR) is 66.7 cm³/mol. The summed E-state index contributed by atoms with van der Waals surface area (Å²) in [5, 5.41) is 9.24. The lowest BCUT2D eigenvalue weighted by molar-refractivity contribution is 0.281. The molecule has 0 radical (unpaired) electrons. The van der Waals surface area contributed by atoms with Crippen LogP contribution in [0.15, 0.2) is 29.3 Å². The molecule has 0 saturated heterocycles. The van der Waals surface area contributed by atoms with E-state index in [9.17, 15) is 4.79 Å². The minimum Gasteiger partial charge on any atom is -0.399 e. The molecule has 5 heteroatoms. The third-order valence-corrected chi connectivity index (χ3v) is 2.66. The van der Waals surface area contributed by atoms with Gasteiger partial charge in [-0.25, -0.2) is 4.98 Å². The minimum absolute atomic E-state index is 0.0831. The van der Waals surface area contributed by atoms with Crippen LogP contribution in [0.25, 0.3) is 10.9 Å². The average molecular weight is 233 g/mol. The topological polar surface area (TPSA) is 81.1 Å². The van der Waals surface area contributed by atoms with Crippen LogP contribution in [0.3, 0.4) is 0 Å². The Labute approximate surface area is 98.5 Å². The zero-order valence-corrected chi connectivity index (χ0v) is 9.47. The first-order chi connectivity index (χ1) is 8.22. The zero-order valence-electron chi connectivity index (χ0n) is 9.47. The molecule has 2 rings (SSSR count). The largest absolute Gasteiger partial charge is 0.399 e. The van der Waals surface area contributed by atoms with Gasteiger partial charge >= 0.3 is 0 Å². The second-order valence-electron chi connectivity index (χ2n) is 3.95. The van der Waals surface area contributed by atoms with Gasteiger partial charge in [0.2, 0.25) is 0 Å². The van der Waals surface area contributed by atoms with E-state index in [-0.39, 0.29) is 12.2 Å². The van der Waals surface area contributed by atoms with Gasteiger partial charge in [-0.05, 0) is 31.0 Å². The summed E-state index contributed by atoms with van der Waals surface area (Å²) in [6.07, 6.45) is 2.98. The van der Waals surface area contributed by atoms with Crippen molar-refractivity contribution in [3.05, 3.63) is 34.9 Å². The lowest BCUT2D eigenvalue weighted by Crippen LogP contribution is -2.20. The van der Waals surface area contributed by atoms with E-state index in [2.05, 4.69) is 4.98 Å². The fraction of sp³-hybridized carbons (Fsp3) is 0.333. The molecule has 0 spiro atoms. The highest BCUT2D eigenvalue weighted by molar-refractivity contribution is 5.80. The lowest BCUT2D eigenvalue weighted by Gasteiger charge is -2.06. The van der Waals surface area contributed by atoms with Crippen LogP contribution < -0.4 is 11.3 Å². The number of anilines is 1. The summed E-state index contributed by atoms with van der Waals surface area (Å²) in [6, 6.07) is 5.11. The van der Waals surface area contributed by atoms with E-state index >= 15 is 0 Å². The maximum atomic E-state index is 12.1. The Morgan fingerprint density at radius 2 is 2.18 bits per heavy atom. The summed E-state index contributed by atoms with van der Waals surface area (Å²) < 4.78 is 1.55. The number of unbranched alkanes of at least 4 members (excludes halogenated alkanes) is 1. The second kappa shape index (κ2) is 4.97. The number of aryl methyl sites for hydroxylation is 1. The Bertz CT molecular complexity index is 577. The molecular weight excluding hydrogens is 218 g/mol. The van der Waals surface area contributed by atoms with E-state index in [0.29, 0.717) is 29.6 Å². The number of fused-ring (bicyclic) bond motifs is 1. The van der Waals surface area contributed by atoms with Crippen molar-refractivity contribution >= 4 is 16.6 Å². The minimum atomic E-state index is -0.0831. The molecule has 0 bridgehead atoms. The Morgan fingerprint density at radius 1 is 1.35 bits per heavy atom. The fourth-order valence-electron chi connectivity index (χ4n) is 1.73. The third kappa shape index (κ3) is 2.45. The van der Waals surface area contributed by atoms with E-state index in [1.165, 1.54) is 6.33 Å². The van der Waals surface area contributed by atoms with E-state index < -0.39 is 0 Å². The highest BCUT2D eigenvalue weighted by Crippen LogP contribution is 2.11.